The van der Waals surface area contributed by atoms with Crippen LogP contribution in [0.25, 0.3) is 0 Å². The van der Waals surface area contributed by atoms with Crippen molar-refractivity contribution >= 4 is 17.5 Å². The molecule has 0 aliphatic heterocycles. The quantitative estimate of drug-likeness (QED) is 0.563. The van der Waals surface area contributed by atoms with Crippen molar-refractivity contribution in [3.05, 3.63) is 15.8 Å². The van der Waals surface area contributed by atoms with Gasteiger partial charge >= 0.3 is 11.7 Å². The molecule has 0 spiro atoms. The average molecular weight is 298 g/mol. The van der Waals surface area contributed by atoms with E-state index in [-0.39, 0.29) is 29.9 Å². The minimum Gasteiger partial charge on any atom is -0.481 e. The maximum atomic E-state index is 11.3. The summed E-state index contributed by atoms with van der Waals surface area (Å²) in [5.41, 5.74) is 0.328. The van der Waals surface area contributed by atoms with Crippen LogP contribution in [0.15, 0.2) is 0 Å². The van der Waals surface area contributed by atoms with E-state index in [9.17, 15) is 14.9 Å². The normalized spacial score (nSPS) is 12.4. The van der Waals surface area contributed by atoms with E-state index in [0.717, 1.165) is 6.42 Å². The standard InChI is InChI=1S/C13H22N4O4/c1-5-6-9(7-10(18)19)14-13-12(17(20)21)11(8(2)3)15-16(13)4/h8-9,14H,5-7H2,1-4H3,(H,18,19). The molecule has 0 amide bonds. The molecule has 118 valence electrons. The van der Waals surface area contributed by atoms with Crippen molar-refractivity contribution in [3.8, 4) is 0 Å². The monoisotopic (exact) mass is 298 g/mol. The molecule has 1 heterocycles. The highest BCUT2D eigenvalue weighted by Crippen LogP contribution is 2.33. The van der Waals surface area contributed by atoms with Crippen molar-refractivity contribution in [2.75, 3.05) is 5.32 Å². The first-order chi connectivity index (χ1) is 9.77. The summed E-state index contributed by atoms with van der Waals surface area (Å²) in [5, 5.41) is 27.4. The van der Waals surface area contributed by atoms with Crippen LogP contribution in [0.4, 0.5) is 11.5 Å². The number of nitrogens with one attached hydrogen (secondary N) is 1. The Morgan fingerprint density at radius 3 is 2.57 bits per heavy atom. The second-order valence-electron chi connectivity index (χ2n) is 5.35. The van der Waals surface area contributed by atoms with E-state index in [1.165, 1.54) is 4.68 Å². The third kappa shape index (κ3) is 4.17. The molecule has 2 N–H and O–H groups in total. The van der Waals surface area contributed by atoms with Gasteiger partial charge in [-0.1, -0.05) is 27.2 Å². The zero-order valence-corrected chi connectivity index (χ0v) is 12.8. The third-order valence-electron chi connectivity index (χ3n) is 3.18. The van der Waals surface area contributed by atoms with Gasteiger partial charge in [0, 0.05) is 19.0 Å². The lowest BCUT2D eigenvalue weighted by Crippen LogP contribution is -2.24. The summed E-state index contributed by atoms with van der Waals surface area (Å²) >= 11 is 0. The second-order valence-corrected chi connectivity index (χ2v) is 5.35. The van der Waals surface area contributed by atoms with Crippen LogP contribution in [0.2, 0.25) is 0 Å². The lowest BCUT2D eigenvalue weighted by Gasteiger charge is -2.16. The molecular weight excluding hydrogens is 276 g/mol. The number of aliphatic carboxylic acids is 1. The molecule has 1 aromatic heterocycles. The number of rotatable bonds is 8. The van der Waals surface area contributed by atoms with E-state index in [1.54, 1.807) is 7.05 Å². The predicted molar refractivity (Wildman–Crippen MR) is 78.5 cm³/mol. The fraction of sp³-hybridized carbons (Fsp3) is 0.692. The summed E-state index contributed by atoms with van der Waals surface area (Å²) < 4.78 is 1.41. The smallest absolute Gasteiger partial charge is 0.334 e. The minimum atomic E-state index is -0.935. The Kier molecular flexibility index (Phi) is 5.69. The number of nitro groups is 1. The van der Waals surface area contributed by atoms with Gasteiger partial charge in [-0.3, -0.25) is 14.9 Å². The lowest BCUT2D eigenvalue weighted by atomic mass is 10.1. The number of anilines is 1. The van der Waals surface area contributed by atoms with Gasteiger partial charge in [0.15, 0.2) is 0 Å². The fourth-order valence-electron chi connectivity index (χ4n) is 2.24. The molecule has 1 atom stereocenters. The molecule has 1 aromatic rings. The van der Waals surface area contributed by atoms with Crippen LogP contribution in [0.3, 0.4) is 0 Å². The van der Waals surface area contributed by atoms with Gasteiger partial charge in [-0.2, -0.15) is 5.10 Å². The van der Waals surface area contributed by atoms with Crippen molar-refractivity contribution in [3.63, 3.8) is 0 Å². The first-order valence-corrected chi connectivity index (χ1v) is 6.97. The molecule has 0 aliphatic carbocycles. The van der Waals surface area contributed by atoms with E-state index < -0.39 is 10.9 Å². The van der Waals surface area contributed by atoms with Crippen LogP contribution in [-0.4, -0.2) is 31.8 Å². The number of carboxylic acid groups (broad SMARTS) is 1. The van der Waals surface area contributed by atoms with Crippen molar-refractivity contribution in [1.29, 1.82) is 0 Å². The molecule has 8 nitrogen and oxygen atoms in total. The van der Waals surface area contributed by atoms with Gasteiger partial charge in [0.2, 0.25) is 5.82 Å². The highest BCUT2D eigenvalue weighted by molar-refractivity contribution is 5.69. The van der Waals surface area contributed by atoms with Crippen LogP contribution < -0.4 is 5.32 Å². The van der Waals surface area contributed by atoms with Crippen molar-refractivity contribution < 1.29 is 14.8 Å². The SMILES string of the molecule is CCCC(CC(=O)O)Nc1c([N+](=O)[O-])c(C(C)C)nn1C. The van der Waals surface area contributed by atoms with Gasteiger partial charge in [-0.15, -0.1) is 0 Å². The van der Waals surface area contributed by atoms with Crippen LogP contribution in [0.5, 0.6) is 0 Å². The summed E-state index contributed by atoms with van der Waals surface area (Å²) in [6.45, 7) is 5.60. The number of aryl methyl sites for hydroxylation is 1. The van der Waals surface area contributed by atoms with Crippen LogP contribution in [0, 0.1) is 10.1 Å². The third-order valence-corrected chi connectivity index (χ3v) is 3.18. The van der Waals surface area contributed by atoms with E-state index in [2.05, 4.69) is 10.4 Å². The van der Waals surface area contributed by atoms with Gasteiger partial charge < -0.3 is 10.4 Å². The highest BCUT2D eigenvalue weighted by atomic mass is 16.6. The van der Waals surface area contributed by atoms with Crippen LogP contribution in [-0.2, 0) is 11.8 Å². The van der Waals surface area contributed by atoms with Crippen molar-refractivity contribution in [2.24, 2.45) is 7.05 Å². The maximum Gasteiger partial charge on any atom is 0.334 e. The summed E-state index contributed by atoms with van der Waals surface area (Å²) in [5.74, 6) is -0.755. The van der Waals surface area contributed by atoms with Gasteiger partial charge in [0.25, 0.3) is 0 Å². The average Bonchev–Trinajstić information content (AvgIpc) is 2.66. The summed E-state index contributed by atoms with van der Waals surface area (Å²) in [6, 6.07) is -0.360. The zero-order chi connectivity index (χ0) is 16.2. The van der Waals surface area contributed by atoms with Gasteiger partial charge in [0.05, 0.1) is 11.3 Å². The molecule has 0 radical (unpaired) electrons. The minimum absolute atomic E-state index is 0.0704. The molecule has 0 aliphatic rings. The summed E-state index contributed by atoms with van der Waals surface area (Å²) in [6.07, 6.45) is 1.31. The molecule has 8 heteroatoms. The molecule has 0 aromatic carbocycles. The molecule has 0 bridgehead atoms. The Hall–Kier alpha value is -2.12. The fourth-order valence-corrected chi connectivity index (χ4v) is 2.24. The number of hydrogen-bond donors (Lipinski definition) is 2. The molecule has 0 saturated heterocycles. The van der Waals surface area contributed by atoms with Crippen molar-refractivity contribution in [1.82, 2.24) is 9.78 Å². The Labute approximate surface area is 123 Å². The molecular formula is C13H22N4O4. The molecule has 0 saturated carbocycles. The number of hydrogen-bond acceptors (Lipinski definition) is 5. The number of aromatic nitrogens is 2. The zero-order valence-electron chi connectivity index (χ0n) is 12.8. The van der Waals surface area contributed by atoms with Crippen LogP contribution in [0.1, 0.15) is 51.6 Å². The van der Waals surface area contributed by atoms with Crippen LogP contribution >= 0.6 is 0 Å². The number of carbonyl (C=O) groups is 1. The van der Waals surface area contributed by atoms with E-state index >= 15 is 0 Å². The largest absolute Gasteiger partial charge is 0.481 e. The second kappa shape index (κ2) is 7.05. The highest BCUT2D eigenvalue weighted by Gasteiger charge is 2.30. The van der Waals surface area contributed by atoms with E-state index in [1.807, 2.05) is 20.8 Å². The molecule has 0 fully saturated rings. The summed E-state index contributed by atoms with van der Waals surface area (Å²) in [4.78, 5) is 21.7. The first-order valence-electron chi connectivity index (χ1n) is 6.97. The van der Waals surface area contributed by atoms with Gasteiger partial charge in [0.1, 0.15) is 5.69 Å². The Morgan fingerprint density at radius 1 is 1.52 bits per heavy atom. The molecule has 1 rings (SSSR count). The predicted octanol–water partition coefficient (Wildman–Crippen LogP) is 2.51. The Balaban J connectivity index is 3.16. The Bertz CT molecular complexity index is 524. The number of nitrogens with zero attached hydrogens (tertiary/aromatic N) is 3. The lowest BCUT2D eigenvalue weighted by molar-refractivity contribution is -0.384. The molecule has 1 unspecified atom stereocenters. The maximum absolute atomic E-state index is 11.3. The van der Waals surface area contributed by atoms with Gasteiger partial charge in [-0.25, -0.2) is 4.68 Å². The van der Waals surface area contributed by atoms with E-state index in [4.69, 9.17) is 5.11 Å². The topological polar surface area (TPSA) is 110 Å². The van der Waals surface area contributed by atoms with E-state index in [0.29, 0.717) is 12.1 Å². The summed E-state index contributed by atoms with van der Waals surface area (Å²) in [7, 11) is 1.62. The molecule has 21 heavy (non-hydrogen) atoms. The number of carboxylic acids is 1. The Morgan fingerprint density at radius 2 is 2.14 bits per heavy atom. The van der Waals surface area contributed by atoms with Gasteiger partial charge in [-0.05, 0) is 6.42 Å². The van der Waals surface area contributed by atoms with Crippen molar-refractivity contribution in [2.45, 2.75) is 52.0 Å². The first kappa shape index (κ1) is 16.9.